The molecule has 0 saturated carbocycles. The van der Waals surface area contributed by atoms with Crippen molar-refractivity contribution in [3.05, 3.63) is 95.1 Å². The second-order valence-electron chi connectivity index (χ2n) is 11.7. The van der Waals surface area contributed by atoms with E-state index in [0.29, 0.717) is 6.54 Å². The van der Waals surface area contributed by atoms with Gasteiger partial charge in [-0.25, -0.2) is 0 Å². The van der Waals surface area contributed by atoms with Crippen molar-refractivity contribution in [2.75, 3.05) is 19.6 Å². The Bertz CT molecular complexity index is 1350. The average Bonchev–Trinajstić information content (AvgIpc) is 3.04. The summed E-state index contributed by atoms with van der Waals surface area (Å²) in [6.45, 7) is 5.65. The minimum atomic E-state index is -0.983. The van der Waals surface area contributed by atoms with Crippen molar-refractivity contribution < 1.29 is 29.3 Å². The summed E-state index contributed by atoms with van der Waals surface area (Å²) in [5.41, 5.74) is 5.92. The highest BCUT2D eigenvalue weighted by Crippen LogP contribution is 2.42. The van der Waals surface area contributed by atoms with E-state index in [-0.39, 0.29) is 43.5 Å². The number of hydrogen-bond acceptors (Lipinski definition) is 6. The molecule has 0 spiro atoms. The van der Waals surface area contributed by atoms with E-state index in [1.807, 2.05) is 36.4 Å². The number of aliphatic carboxylic acids is 1. The van der Waals surface area contributed by atoms with Gasteiger partial charge in [0.25, 0.3) is 0 Å². The van der Waals surface area contributed by atoms with Crippen LogP contribution in [0, 0.1) is 5.92 Å². The normalized spacial score (nSPS) is 22.7. The quantitative estimate of drug-likeness (QED) is 0.268. The molecule has 0 aromatic heterocycles. The molecule has 3 aromatic carbocycles. The number of carbonyl (C=O) groups is 2. The molecule has 2 fully saturated rings. The van der Waals surface area contributed by atoms with Crippen LogP contribution in [0.2, 0.25) is 0 Å². The molecule has 228 valence electrons. The van der Waals surface area contributed by atoms with Gasteiger partial charge >= 0.3 is 5.97 Å². The fraction of sp³-hybridized carbons (Fsp3) is 0.429. The Kier molecular flexibility index (Phi) is 10.6. The van der Waals surface area contributed by atoms with Crippen LogP contribution in [0.25, 0.3) is 11.1 Å². The first kappa shape index (κ1) is 30.9. The van der Waals surface area contributed by atoms with Crippen LogP contribution in [-0.4, -0.2) is 52.7 Å². The van der Waals surface area contributed by atoms with E-state index in [1.165, 1.54) is 19.3 Å². The summed E-state index contributed by atoms with van der Waals surface area (Å²) >= 11 is 0. The fourth-order valence-electron chi connectivity index (χ4n) is 5.93. The first-order valence-corrected chi connectivity index (χ1v) is 15.3. The second-order valence-corrected chi connectivity index (χ2v) is 11.7. The highest BCUT2D eigenvalue weighted by Gasteiger charge is 2.39. The molecular weight excluding hydrogens is 544 g/mol. The van der Waals surface area contributed by atoms with Gasteiger partial charge in [0.05, 0.1) is 25.2 Å². The van der Waals surface area contributed by atoms with Gasteiger partial charge < -0.3 is 29.9 Å². The zero-order valence-corrected chi connectivity index (χ0v) is 24.8. The fourth-order valence-corrected chi connectivity index (χ4v) is 5.93. The minimum Gasteiger partial charge on any atom is -0.481 e. The Morgan fingerprint density at radius 1 is 0.860 bits per heavy atom. The van der Waals surface area contributed by atoms with Crippen LogP contribution in [-0.2, 0) is 32.2 Å². The zero-order chi connectivity index (χ0) is 30.2. The Labute approximate surface area is 253 Å². The van der Waals surface area contributed by atoms with E-state index in [9.17, 15) is 14.7 Å². The first-order valence-electron chi connectivity index (χ1n) is 15.3. The predicted octanol–water partition coefficient (Wildman–Crippen LogP) is 5.60. The molecule has 2 heterocycles. The van der Waals surface area contributed by atoms with Crippen LogP contribution >= 0.6 is 0 Å². The number of piperidine rings is 1. The second kappa shape index (κ2) is 14.8. The Hall–Kier alpha value is -3.56. The molecular formula is C35H42N2O6. The summed E-state index contributed by atoms with van der Waals surface area (Å²) in [7, 11) is 0. The van der Waals surface area contributed by atoms with Gasteiger partial charge in [0.15, 0.2) is 6.29 Å². The number of carbonyl (C=O) groups excluding carboxylic acids is 1. The lowest BCUT2D eigenvalue weighted by Crippen LogP contribution is -2.45. The molecule has 2 aliphatic heterocycles. The lowest BCUT2D eigenvalue weighted by Gasteiger charge is -2.43. The molecule has 0 radical (unpaired) electrons. The Morgan fingerprint density at radius 2 is 1.58 bits per heavy atom. The average molecular weight is 587 g/mol. The summed E-state index contributed by atoms with van der Waals surface area (Å²) in [6, 6.07) is 24.2. The predicted molar refractivity (Wildman–Crippen MR) is 164 cm³/mol. The van der Waals surface area contributed by atoms with Crippen LogP contribution in [0.4, 0.5) is 0 Å². The van der Waals surface area contributed by atoms with Crippen LogP contribution in [0.15, 0.2) is 72.8 Å². The van der Waals surface area contributed by atoms with Crippen molar-refractivity contribution in [1.29, 1.82) is 0 Å². The molecule has 4 atom stereocenters. The molecule has 3 N–H and O–H groups in total. The van der Waals surface area contributed by atoms with Crippen molar-refractivity contribution in [3.63, 3.8) is 0 Å². The highest BCUT2D eigenvalue weighted by atomic mass is 16.7. The number of nitrogens with zero attached hydrogens (tertiary/aromatic N) is 1. The molecule has 8 nitrogen and oxygen atoms in total. The maximum atomic E-state index is 12.0. The van der Waals surface area contributed by atoms with Gasteiger partial charge in [-0.05, 0) is 59.8 Å². The number of rotatable bonds is 11. The zero-order valence-electron chi connectivity index (χ0n) is 24.8. The van der Waals surface area contributed by atoms with E-state index in [0.717, 1.165) is 53.0 Å². The summed E-state index contributed by atoms with van der Waals surface area (Å²) in [5.74, 6) is -1.10. The highest BCUT2D eigenvalue weighted by molar-refractivity contribution is 5.80. The van der Waals surface area contributed by atoms with Gasteiger partial charge in [0.1, 0.15) is 0 Å². The van der Waals surface area contributed by atoms with E-state index in [1.54, 1.807) is 0 Å². The van der Waals surface area contributed by atoms with Gasteiger partial charge in [0.2, 0.25) is 5.91 Å². The number of likely N-dealkylation sites (tertiary alicyclic amines) is 1. The van der Waals surface area contributed by atoms with Crippen molar-refractivity contribution >= 4 is 11.9 Å². The molecule has 1 amide bonds. The standard InChI is InChI=1S/C35H42N2O6/c1-24-31(22-37-18-3-2-4-19-37)42-35(43-34(24)28-10-8-25(23-38)9-11-28)29-14-12-27(13-15-29)30-7-5-6-26(20-30)21-36-32(39)16-17-33(40)41/h5-15,20,24,31,34-35,38H,2-4,16-19,21-23H2,1H3,(H,36,39)(H,40,41)/t24-,31+,34+,35+/m1/s1. The number of amides is 1. The number of hydrogen-bond donors (Lipinski definition) is 3. The van der Waals surface area contributed by atoms with Gasteiger partial charge in [-0.15, -0.1) is 0 Å². The Balaban J connectivity index is 1.30. The lowest BCUT2D eigenvalue weighted by atomic mass is 9.89. The van der Waals surface area contributed by atoms with Gasteiger partial charge in [-0.3, -0.25) is 9.59 Å². The number of carboxylic acids is 1. The van der Waals surface area contributed by atoms with Crippen LogP contribution in [0.1, 0.15) is 73.7 Å². The van der Waals surface area contributed by atoms with Crippen LogP contribution < -0.4 is 5.32 Å². The number of nitrogens with one attached hydrogen (secondary N) is 1. The Morgan fingerprint density at radius 3 is 2.28 bits per heavy atom. The third kappa shape index (κ3) is 8.30. The molecule has 5 rings (SSSR count). The number of aliphatic hydroxyl groups is 1. The summed E-state index contributed by atoms with van der Waals surface area (Å²) < 4.78 is 13.3. The molecule has 0 aliphatic carbocycles. The van der Waals surface area contributed by atoms with Gasteiger partial charge in [-0.2, -0.15) is 0 Å². The van der Waals surface area contributed by atoms with Gasteiger partial charge in [0, 0.05) is 31.0 Å². The maximum absolute atomic E-state index is 12.0. The number of carboxylic acid groups (broad SMARTS) is 1. The molecule has 43 heavy (non-hydrogen) atoms. The van der Waals surface area contributed by atoms with Crippen molar-refractivity contribution in [3.8, 4) is 11.1 Å². The molecule has 2 saturated heterocycles. The van der Waals surface area contributed by atoms with Gasteiger partial charge in [-0.1, -0.05) is 80.1 Å². The van der Waals surface area contributed by atoms with Crippen molar-refractivity contribution in [1.82, 2.24) is 10.2 Å². The number of ether oxygens (including phenoxy) is 2. The summed E-state index contributed by atoms with van der Waals surface area (Å²) in [6.07, 6.45) is 2.91. The molecule has 8 heteroatoms. The number of aliphatic hydroxyl groups excluding tert-OH is 1. The maximum Gasteiger partial charge on any atom is 0.303 e. The molecule has 2 aliphatic rings. The van der Waals surface area contributed by atoms with E-state index < -0.39 is 12.3 Å². The largest absolute Gasteiger partial charge is 0.481 e. The van der Waals surface area contributed by atoms with Crippen LogP contribution in [0.5, 0.6) is 0 Å². The topological polar surface area (TPSA) is 108 Å². The first-order chi connectivity index (χ1) is 20.9. The van der Waals surface area contributed by atoms with Crippen LogP contribution in [0.3, 0.4) is 0 Å². The SMILES string of the molecule is C[C@@H]1[C@H](CN2CCCCC2)O[C@H](c2ccc(-c3cccc(CNC(=O)CCC(=O)O)c3)cc2)O[C@@H]1c1ccc(CO)cc1. The minimum absolute atomic E-state index is 0.0152. The molecule has 0 bridgehead atoms. The summed E-state index contributed by atoms with van der Waals surface area (Å²) in [5, 5.41) is 21.1. The summed E-state index contributed by atoms with van der Waals surface area (Å²) in [4.78, 5) is 25.2. The smallest absolute Gasteiger partial charge is 0.303 e. The lowest BCUT2D eigenvalue weighted by molar-refractivity contribution is -0.276. The van der Waals surface area contributed by atoms with Crippen molar-refractivity contribution in [2.45, 2.75) is 70.7 Å². The third-order valence-electron chi connectivity index (χ3n) is 8.51. The van der Waals surface area contributed by atoms with E-state index in [4.69, 9.17) is 14.6 Å². The van der Waals surface area contributed by atoms with E-state index >= 15 is 0 Å². The third-order valence-corrected chi connectivity index (χ3v) is 8.51. The monoisotopic (exact) mass is 586 g/mol. The van der Waals surface area contributed by atoms with E-state index in [2.05, 4.69) is 53.5 Å². The molecule has 0 unspecified atom stereocenters. The number of benzene rings is 3. The van der Waals surface area contributed by atoms with Crippen molar-refractivity contribution in [2.24, 2.45) is 5.92 Å². The molecule has 3 aromatic rings.